The predicted octanol–water partition coefficient (Wildman–Crippen LogP) is 1.83. The summed E-state index contributed by atoms with van der Waals surface area (Å²) < 4.78 is 11.0. The van der Waals surface area contributed by atoms with Crippen LogP contribution in [0.2, 0.25) is 0 Å². The average molecular weight is 217 g/mol. The second-order valence-electron chi connectivity index (χ2n) is 4.13. The summed E-state index contributed by atoms with van der Waals surface area (Å²) in [5.41, 5.74) is 2.52. The van der Waals surface area contributed by atoms with Crippen molar-refractivity contribution >= 4 is 5.57 Å². The van der Waals surface area contributed by atoms with Crippen molar-refractivity contribution in [1.29, 1.82) is 0 Å². The Morgan fingerprint density at radius 3 is 3.25 bits per heavy atom. The van der Waals surface area contributed by atoms with Crippen LogP contribution in [-0.4, -0.2) is 26.3 Å². The van der Waals surface area contributed by atoms with Gasteiger partial charge in [-0.15, -0.1) is 0 Å². The molecule has 0 amide bonds. The second kappa shape index (κ2) is 3.83. The van der Waals surface area contributed by atoms with E-state index in [-0.39, 0.29) is 0 Å². The zero-order valence-electron chi connectivity index (χ0n) is 9.32. The molecule has 1 aromatic rings. The third kappa shape index (κ3) is 1.48. The van der Waals surface area contributed by atoms with Gasteiger partial charge in [0.15, 0.2) is 0 Å². The molecule has 1 atom stereocenters. The Bertz CT molecular complexity index is 440. The van der Waals surface area contributed by atoms with Crippen molar-refractivity contribution in [3.8, 4) is 11.5 Å². The summed E-state index contributed by atoms with van der Waals surface area (Å²) in [7, 11) is 1.69. The van der Waals surface area contributed by atoms with Crippen LogP contribution in [0.4, 0.5) is 0 Å². The molecule has 0 aromatic heterocycles. The predicted molar refractivity (Wildman–Crippen MR) is 62.9 cm³/mol. The Kier molecular flexibility index (Phi) is 2.33. The molecule has 2 aliphatic rings. The Hall–Kier alpha value is -1.48. The van der Waals surface area contributed by atoms with Crippen molar-refractivity contribution in [2.75, 3.05) is 20.3 Å². The van der Waals surface area contributed by atoms with E-state index >= 15 is 0 Å². The normalized spacial score (nSPS) is 22.6. The number of hydrogen-bond donors (Lipinski definition) is 1. The number of fused-ring (bicyclic) bond motifs is 3. The fraction of sp³-hybridized carbons (Fsp3) is 0.385. The molecule has 3 heteroatoms. The van der Waals surface area contributed by atoms with Crippen LogP contribution < -0.4 is 14.8 Å². The lowest BCUT2D eigenvalue weighted by Gasteiger charge is -2.32. The van der Waals surface area contributed by atoms with Gasteiger partial charge in [0.05, 0.1) is 13.2 Å². The molecule has 0 spiro atoms. The van der Waals surface area contributed by atoms with Gasteiger partial charge in [0.2, 0.25) is 0 Å². The van der Waals surface area contributed by atoms with E-state index in [1.165, 1.54) is 11.1 Å². The molecule has 1 aromatic carbocycles. The van der Waals surface area contributed by atoms with Crippen LogP contribution in [0.5, 0.6) is 11.5 Å². The first kappa shape index (κ1) is 9.73. The van der Waals surface area contributed by atoms with E-state index in [9.17, 15) is 0 Å². The summed E-state index contributed by atoms with van der Waals surface area (Å²) in [4.78, 5) is 0. The Labute approximate surface area is 95.1 Å². The summed E-state index contributed by atoms with van der Waals surface area (Å²) in [6, 6.07) is 6.32. The van der Waals surface area contributed by atoms with Crippen LogP contribution in [0.15, 0.2) is 24.3 Å². The first-order chi connectivity index (χ1) is 7.88. The third-order valence-corrected chi connectivity index (χ3v) is 3.18. The van der Waals surface area contributed by atoms with Crippen LogP contribution >= 0.6 is 0 Å². The average Bonchev–Trinajstić information content (AvgIpc) is 2.38. The summed E-state index contributed by atoms with van der Waals surface area (Å²) in [6.45, 7) is 1.77. The lowest BCUT2D eigenvalue weighted by molar-refractivity contribution is 0.275. The molecule has 0 aliphatic carbocycles. The number of nitrogens with one attached hydrogen (secondary N) is 1. The molecule has 0 radical (unpaired) electrons. The van der Waals surface area contributed by atoms with Crippen molar-refractivity contribution in [2.24, 2.45) is 0 Å². The maximum Gasteiger partial charge on any atom is 0.127 e. The van der Waals surface area contributed by atoms with Gasteiger partial charge >= 0.3 is 0 Å². The maximum absolute atomic E-state index is 5.73. The van der Waals surface area contributed by atoms with Gasteiger partial charge in [-0.05, 0) is 36.7 Å². The van der Waals surface area contributed by atoms with Crippen LogP contribution in [0.3, 0.4) is 0 Å². The molecule has 3 nitrogen and oxygen atoms in total. The van der Waals surface area contributed by atoms with E-state index in [4.69, 9.17) is 9.47 Å². The Balaban J connectivity index is 2.08. The van der Waals surface area contributed by atoms with Crippen LogP contribution in [0.1, 0.15) is 12.0 Å². The molecular formula is C13H15NO2. The van der Waals surface area contributed by atoms with E-state index in [1.807, 2.05) is 12.1 Å². The molecule has 16 heavy (non-hydrogen) atoms. The largest absolute Gasteiger partial charge is 0.497 e. The number of hydrogen-bond acceptors (Lipinski definition) is 3. The van der Waals surface area contributed by atoms with E-state index < -0.39 is 0 Å². The quantitative estimate of drug-likeness (QED) is 0.778. The van der Waals surface area contributed by atoms with Crippen LogP contribution in [0, 0.1) is 0 Å². The SMILES string of the molecule is COc1ccc2c(c1)C1=CCCNC1CO2. The van der Waals surface area contributed by atoms with E-state index in [0.717, 1.165) is 31.1 Å². The lowest BCUT2D eigenvalue weighted by atomic mass is 9.92. The summed E-state index contributed by atoms with van der Waals surface area (Å²) in [5.74, 6) is 1.85. The van der Waals surface area contributed by atoms with Crippen LogP contribution in [-0.2, 0) is 0 Å². The first-order valence-electron chi connectivity index (χ1n) is 5.63. The summed E-state index contributed by atoms with van der Waals surface area (Å²) in [5, 5.41) is 3.47. The minimum Gasteiger partial charge on any atom is -0.497 e. The standard InChI is InChI=1S/C13H15NO2/c1-15-9-4-5-13-11(7-9)10-3-2-6-14-12(10)8-16-13/h3-5,7,12,14H,2,6,8H2,1H3. The van der Waals surface area contributed by atoms with E-state index in [1.54, 1.807) is 7.11 Å². The topological polar surface area (TPSA) is 30.5 Å². The van der Waals surface area contributed by atoms with E-state index in [0.29, 0.717) is 6.04 Å². The molecule has 2 aliphatic heterocycles. The van der Waals surface area contributed by atoms with Gasteiger partial charge in [0.1, 0.15) is 18.1 Å². The van der Waals surface area contributed by atoms with Gasteiger partial charge in [0.25, 0.3) is 0 Å². The molecule has 0 saturated heterocycles. The summed E-state index contributed by atoms with van der Waals surface area (Å²) >= 11 is 0. The van der Waals surface area contributed by atoms with Gasteiger partial charge in [-0.3, -0.25) is 0 Å². The smallest absolute Gasteiger partial charge is 0.127 e. The van der Waals surface area contributed by atoms with Gasteiger partial charge in [-0.2, -0.15) is 0 Å². The monoisotopic (exact) mass is 217 g/mol. The maximum atomic E-state index is 5.73. The Morgan fingerprint density at radius 2 is 2.38 bits per heavy atom. The van der Waals surface area contributed by atoms with Crippen molar-refractivity contribution in [3.63, 3.8) is 0 Å². The number of rotatable bonds is 1. The van der Waals surface area contributed by atoms with Gasteiger partial charge in [-0.1, -0.05) is 6.08 Å². The molecule has 0 fully saturated rings. The molecule has 84 valence electrons. The lowest BCUT2D eigenvalue weighted by Crippen LogP contribution is -2.41. The van der Waals surface area contributed by atoms with Gasteiger partial charge in [-0.25, -0.2) is 0 Å². The van der Waals surface area contributed by atoms with Crippen molar-refractivity contribution in [3.05, 3.63) is 29.8 Å². The second-order valence-corrected chi connectivity index (χ2v) is 4.13. The number of benzene rings is 1. The fourth-order valence-electron chi connectivity index (χ4n) is 2.34. The summed E-state index contributed by atoms with van der Waals surface area (Å²) in [6.07, 6.45) is 3.39. The zero-order valence-corrected chi connectivity index (χ0v) is 9.32. The molecule has 0 saturated carbocycles. The highest BCUT2D eigenvalue weighted by molar-refractivity contribution is 5.77. The number of ether oxygens (including phenoxy) is 2. The first-order valence-corrected chi connectivity index (χ1v) is 5.63. The Morgan fingerprint density at radius 1 is 1.44 bits per heavy atom. The molecule has 2 heterocycles. The highest BCUT2D eigenvalue weighted by Gasteiger charge is 2.26. The number of methoxy groups -OCH3 is 1. The fourth-order valence-corrected chi connectivity index (χ4v) is 2.34. The highest BCUT2D eigenvalue weighted by Crippen LogP contribution is 2.36. The van der Waals surface area contributed by atoms with Crippen molar-refractivity contribution in [2.45, 2.75) is 12.5 Å². The highest BCUT2D eigenvalue weighted by atomic mass is 16.5. The van der Waals surface area contributed by atoms with Crippen LogP contribution in [0.25, 0.3) is 5.57 Å². The van der Waals surface area contributed by atoms with Crippen molar-refractivity contribution in [1.82, 2.24) is 5.32 Å². The minimum atomic E-state index is 0.341. The van der Waals surface area contributed by atoms with Crippen molar-refractivity contribution < 1.29 is 9.47 Å². The molecule has 3 rings (SSSR count). The minimum absolute atomic E-state index is 0.341. The molecule has 1 unspecified atom stereocenters. The van der Waals surface area contributed by atoms with E-state index in [2.05, 4.69) is 17.5 Å². The molecule has 0 bridgehead atoms. The zero-order chi connectivity index (χ0) is 11.0. The molecule has 1 N–H and O–H groups in total. The van der Waals surface area contributed by atoms with Gasteiger partial charge in [0, 0.05) is 5.56 Å². The third-order valence-electron chi connectivity index (χ3n) is 3.18. The molecular weight excluding hydrogens is 202 g/mol. The van der Waals surface area contributed by atoms with Gasteiger partial charge < -0.3 is 14.8 Å².